The molecule has 2 aliphatic heterocycles. The molecule has 2 N–H and O–H groups in total. The number of halogens is 1. The Labute approximate surface area is 250 Å². The summed E-state index contributed by atoms with van der Waals surface area (Å²) in [4.78, 5) is 31.0. The maximum atomic E-state index is 14.3. The van der Waals surface area contributed by atoms with Gasteiger partial charge in [-0.2, -0.15) is 0 Å². The molecule has 0 saturated carbocycles. The summed E-state index contributed by atoms with van der Waals surface area (Å²) in [5, 5.41) is 14.5. The second-order valence-corrected chi connectivity index (χ2v) is 18.1. The predicted molar refractivity (Wildman–Crippen MR) is 165 cm³/mol. The van der Waals surface area contributed by atoms with Crippen LogP contribution >= 0.6 is 11.6 Å². The Morgan fingerprint density at radius 2 is 1.90 bits per heavy atom. The molecule has 8 nitrogen and oxygen atoms in total. The Morgan fingerprint density at radius 1 is 1.20 bits per heavy atom. The highest BCUT2D eigenvalue weighted by molar-refractivity contribution is 6.74. The molecular formula is C31H44ClN3O5Si. The van der Waals surface area contributed by atoms with E-state index in [0.717, 1.165) is 18.4 Å². The highest BCUT2D eigenvalue weighted by atomic mass is 35.5. The van der Waals surface area contributed by atoms with Crippen LogP contribution in [0.15, 0.2) is 36.4 Å². The van der Waals surface area contributed by atoms with E-state index in [1.165, 1.54) is 4.90 Å². The first kappa shape index (κ1) is 31.5. The van der Waals surface area contributed by atoms with Gasteiger partial charge in [-0.25, -0.2) is 0 Å². The number of carbonyl (C=O) groups is 2. The molecule has 41 heavy (non-hydrogen) atoms. The molecule has 3 atom stereocenters. The van der Waals surface area contributed by atoms with Gasteiger partial charge in [0.05, 0.1) is 19.3 Å². The molecule has 10 heteroatoms. The van der Waals surface area contributed by atoms with E-state index >= 15 is 0 Å². The fourth-order valence-electron chi connectivity index (χ4n) is 5.70. The van der Waals surface area contributed by atoms with E-state index in [-0.39, 0.29) is 29.8 Å². The highest BCUT2D eigenvalue weighted by Crippen LogP contribution is 2.51. The number of aliphatic hydroxyl groups is 1. The number of anilines is 1. The molecule has 2 aliphatic rings. The van der Waals surface area contributed by atoms with Gasteiger partial charge in [0.1, 0.15) is 5.75 Å². The van der Waals surface area contributed by atoms with Crippen LogP contribution < -0.4 is 10.1 Å². The molecule has 0 radical (unpaired) electrons. The van der Waals surface area contributed by atoms with Crippen molar-refractivity contribution in [3.8, 4) is 5.75 Å². The fraction of sp³-hybridized carbons (Fsp3) is 0.548. The zero-order valence-electron chi connectivity index (χ0n) is 25.5. The van der Waals surface area contributed by atoms with Crippen LogP contribution in [-0.4, -0.2) is 81.5 Å². The number of nitrogens with zero attached hydrogens (tertiary/aromatic N) is 2. The number of rotatable bonds is 9. The number of aryl methyl sites for hydroxylation is 1. The molecule has 2 aromatic rings. The molecule has 2 amide bonds. The maximum Gasteiger partial charge on any atom is 0.254 e. The third-order valence-electron chi connectivity index (χ3n) is 8.92. The largest absolute Gasteiger partial charge is 0.496 e. The van der Waals surface area contributed by atoms with E-state index in [2.05, 4.69) is 39.2 Å². The van der Waals surface area contributed by atoms with Gasteiger partial charge in [-0.1, -0.05) is 38.4 Å². The van der Waals surface area contributed by atoms with Gasteiger partial charge in [0.25, 0.3) is 5.91 Å². The number of carbonyl (C=O) groups excluding carboxylic acids is 2. The number of hydrogen-bond donors (Lipinski definition) is 2. The second-order valence-electron chi connectivity index (χ2n) is 12.9. The predicted octanol–water partition coefficient (Wildman–Crippen LogP) is 5.02. The molecule has 2 heterocycles. The first-order chi connectivity index (χ1) is 19.1. The minimum Gasteiger partial charge on any atom is -0.496 e. The van der Waals surface area contributed by atoms with Gasteiger partial charge >= 0.3 is 0 Å². The number of aliphatic hydroxyl groups excluding tert-OH is 1. The molecule has 1 fully saturated rings. The van der Waals surface area contributed by atoms with Crippen molar-refractivity contribution in [3.05, 3.63) is 58.1 Å². The van der Waals surface area contributed by atoms with Crippen LogP contribution in [0.2, 0.25) is 23.2 Å². The van der Waals surface area contributed by atoms with Crippen molar-refractivity contribution < 1.29 is 23.9 Å². The van der Waals surface area contributed by atoms with Crippen molar-refractivity contribution in [2.24, 2.45) is 0 Å². The number of nitrogens with one attached hydrogen (secondary N) is 1. The van der Waals surface area contributed by atoms with E-state index in [1.54, 1.807) is 39.4 Å². The minimum absolute atomic E-state index is 0.136. The number of likely N-dealkylation sites (tertiary alicyclic amines) is 1. The second kappa shape index (κ2) is 11.7. The summed E-state index contributed by atoms with van der Waals surface area (Å²) in [5.41, 5.74) is 1.46. The van der Waals surface area contributed by atoms with Gasteiger partial charge in [0, 0.05) is 49.1 Å². The van der Waals surface area contributed by atoms with Crippen molar-refractivity contribution in [1.82, 2.24) is 9.80 Å². The summed E-state index contributed by atoms with van der Waals surface area (Å²) in [5.74, 6) is 0.0333. The zero-order chi connectivity index (χ0) is 30.3. The molecule has 0 bridgehead atoms. The number of methoxy groups -OCH3 is 1. The molecule has 2 aromatic carbocycles. The Hall–Kier alpha value is -2.43. The number of hydrogen-bond acceptors (Lipinski definition) is 6. The molecule has 1 unspecified atom stereocenters. The lowest BCUT2D eigenvalue weighted by Crippen LogP contribution is -2.57. The van der Waals surface area contributed by atoms with Gasteiger partial charge in [-0.05, 0) is 73.3 Å². The van der Waals surface area contributed by atoms with Crippen LogP contribution in [0, 0.1) is 0 Å². The SMILES string of the molecule is COc1ccc(CCCO[Si](C)(C)C(C)(C)C)cc1C1(N2C[C@H](O)C[C@H]2C(=O)N(C)C)C(=O)Nc2ccc(Cl)cc21. The minimum atomic E-state index is -1.86. The van der Waals surface area contributed by atoms with E-state index in [9.17, 15) is 14.7 Å². The lowest BCUT2D eigenvalue weighted by molar-refractivity contribution is -0.138. The summed E-state index contributed by atoms with van der Waals surface area (Å²) in [7, 11) is 3.09. The number of amides is 2. The first-order valence-electron chi connectivity index (χ1n) is 14.2. The summed E-state index contributed by atoms with van der Waals surface area (Å²) in [6.45, 7) is 12.0. The zero-order valence-corrected chi connectivity index (χ0v) is 27.3. The Balaban J connectivity index is 1.81. The summed E-state index contributed by atoms with van der Waals surface area (Å²) >= 11 is 6.50. The van der Waals surface area contributed by atoms with E-state index in [0.29, 0.717) is 34.2 Å². The van der Waals surface area contributed by atoms with Crippen LogP contribution in [0.25, 0.3) is 0 Å². The highest BCUT2D eigenvalue weighted by Gasteiger charge is 2.59. The monoisotopic (exact) mass is 601 g/mol. The number of β-amino-alcohol motifs (C(OH)–C–C–N with tert-alkyl or cyclic N) is 1. The molecule has 0 aliphatic carbocycles. The van der Waals surface area contributed by atoms with Crippen molar-refractivity contribution in [3.63, 3.8) is 0 Å². The molecule has 0 aromatic heterocycles. The molecule has 224 valence electrons. The average molecular weight is 602 g/mol. The topological polar surface area (TPSA) is 91.3 Å². The lowest BCUT2D eigenvalue weighted by Gasteiger charge is -2.41. The van der Waals surface area contributed by atoms with Crippen LogP contribution in [0.5, 0.6) is 5.75 Å². The normalized spacial score (nSPS) is 22.9. The quantitative estimate of drug-likeness (QED) is 0.310. The molecule has 1 saturated heterocycles. The Morgan fingerprint density at radius 3 is 2.54 bits per heavy atom. The number of benzene rings is 2. The summed E-state index contributed by atoms with van der Waals surface area (Å²) < 4.78 is 12.3. The molecular weight excluding hydrogens is 558 g/mol. The van der Waals surface area contributed by atoms with Gasteiger partial charge in [-0.3, -0.25) is 14.5 Å². The smallest absolute Gasteiger partial charge is 0.254 e. The Bertz CT molecular complexity index is 1310. The number of fused-ring (bicyclic) bond motifs is 1. The van der Waals surface area contributed by atoms with Gasteiger partial charge in [0.15, 0.2) is 13.9 Å². The van der Waals surface area contributed by atoms with E-state index < -0.39 is 26.0 Å². The third-order valence-corrected chi connectivity index (χ3v) is 13.7. The fourth-order valence-corrected chi connectivity index (χ4v) is 6.96. The maximum absolute atomic E-state index is 14.3. The van der Waals surface area contributed by atoms with Crippen LogP contribution in [-0.2, 0) is 26.0 Å². The molecule has 0 spiro atoms. The van der Waals surface area contributed by atoms with Gasteiger partial charge in [0.2, 0.25) is 5.91 Å². The molecule has 4 rings (SSSR count). The van der Waals surface area contributed by atoms with Gasteiger partial charge < -0.3 is 24.5 Å². The number of likely N-dealkylation sites (N-methyl/N-ethyl adjacent to an activating group) is 1. The number of ether oxygens (including phenoxy) is 1. The van der Waals surface area contributed by atoms with Crippen molar-refractivity contribution in [2.75, 3.05) is 39.7 Å². The van der Waals surface area contributed by atoms with Gasteiger partial charge in [-0.15, -0.1) is 0 Å². The van der Waals surface area contributed by atoms with Crippen LogP contribution in [0.3, 0.4) is 0 Å². The van der Waals surface area contributed by atoms with Crippen molar-refractivity contribution >= 4 is 37.4 Å². The van der Waals surface area contributed by atoms with E-state index in [1.807, 2.05) is 23.1 Å². The van der Waals surface area contributed by atoms with Crippen LogP contribution in [0.4, 0.5) is 5.69 Å². The van der Waals surface area contributed by atoms with Crippen LogP contribution in [0.1, 0.15) is 50.3 Å². The first-order valence-corrected chi connectivity index (χ1v) is 17.5. The summed E-state index contributed by atoms with van der Waals surface area (Å²) in [6.07, 6.45) is 1.01. The van der Waals surface area contributed by atoms with E-state index in [4.69, 9.17) is 20.8 Å². The Kier molecular flexibility index (Phi) is 8.98. The summed E-state index contributed by atoms with van der Waals surface area (Å²) in [6, 6.07) is 10.5. The van der Waals surface area contributed by atoms with Crippen molar-refractivity contribution in [2.45, 2.75) is 75.9 Å². The average Bonchev–Trinajstić information content (AvgIpc) is 3.42. The third kappa shape index (κ3) is 5.79. The lowest BCUT2D eigenvalue weighted by atomic mass is 9.80. The standard InChI is InChI=1S/C31H44ClN3O5Si/c1-30(2,3)41(7,8)40-15-9-10-20-11-14-27(39-6)24(16-20)31(23-17-21(32)12-13-25(23)33-29(31)38)35-19-22(36)18-26(35)28(37)34(4)5/h11-14,16-17,22,26,36H,9-10,15,18-19H2,1-8H3,(H,33,38)/t22-,26+,31?/m1/s1. The van der Waals surface area contributed by atoms with Crippen molar-refractivity contribution in [1.29, 1.82) is 0 Å².